The van der Waals surface area contributed by atoms with E-state index in [-0.39, 0.29) is 5.38 Å². The molecule has 3 aromatic heterocycles. The molecule has 102 valence electrons. The van der Waals surface area contributed by atoms with Crippen molar-refractivity contribution in [1.29, 1.82) is 0 Å². The Kier molecular flexibility index (Phi) is 3.54. The topological polar surface area (TPSA) is 56.5 Å². The molecule has 5 nitrogen and oxygen atoms in total. The fourth-order valence-electron chi connectivity index (χ4n) is 2.04. The molecule has 20 heavy (non-hydrogen) atoms. The van der Waals surface area contributed by atoms with Gasteiger partial charge in [0.1, 0.15) is 11.3 Å². The lowest BCUT2D eigenvalue weighted by Crippen LogP contribution is -2.08. The number of aromatic nitrogens is 5. The first-order chi connectivity index (χ1) is 9.65. The van der Waals surface area contributed by atoms with E-state index in [1.807, 2.05) is 23.6 Å². The van der Waals surface area contributed by atoms with Gasteiger partial charge in [0.2, 0.25) is 0 Å². The van der Waals surface area contributed by atoms with Crippen LogP contribution in [0.4, 0.5) is 0 Å². The molecule has 1 unspecified atom stereocenters. The van der Waals surface area contributed by atoms with Crippen molar-refractivity contribution in [1.82, 2.24) is 24.7 Å². The minimum Gasteiger partial charge on any atom is -0.305 e. The molecule has 3 rings (SSSR count). The Labute approximate surface area is 125 Å². The van der Waals surface area contributed by atoms with Crippen molar-refractivity contribution in [2.75, 3.05) is 0 Å². The van der Waals surface area contributed by atoms with Crippen molar-refractivity contribution in [2.24, 2.45) is 0 Å². The van der Waals surface area contributed by atoms with Crippen LogP contribution in [0.2, 0.25) is 5.02 Å². The van der Waals surface area contributed by atoms with Gasteiger partial charge >= 0.3 is 0 Å². The van der Waals surface area contributed by atoms with Crippen molar-refractivity contribution in [3.05, 3.63) is 47.1 Å². The number of rotatable bonds is 3. The molecular formula is C13H11Cl2N5. The molecule has 7 heteroatoms. The normalized spacial score (nSPS) is 12.8. The minimum atomic E-state index is -0.236. The van der Waals surface area contributed by atoms with Gasteiger partial charge in [-0.25, -0.2) is 9.97 Å². The van der Waals surface area contributed by atoms with E-state index >= 15 is 0 Å². The van der Waals surface area contributed by atoms with Crippen molar-refractivity contribution >= 4 is 34.4 Å². The maximum atomic E-state index is 6.21. The van der Waals surface area contributed by atoms with E-state index in [0.717, 1.165) is 22.7 Å². The van der Waals surface area contributed by atoms with Crippen molar-refractivity contribution in [3.63, 3.8) is 0 Å². The second kappa shape index (κ2) is 5.34. The Morgan fingerprint density at radius 1 is 1.40 bits per heavy atom. The van der Waals surface area contributed by atoms with Crippen LogP contribution in [0.3, 0.4) is 0 Å². The third-order valence-corrected chi connectivity index (χ3v) is 3.29. The zero-order chi connectivity index (χ0) is 14.1. The quantitative estimate of drug-likeness (QED) is 0.697. The average Bonchev–Trinajstić information content (AvgIpc) is 2.78. The van der Waals surface area contributed by atoms with E-state index in [1.54, 1.807) is 18.5 Å². The summed E-state index contributed by atoms with van der Waals surface area (Å²) < 4.78 is 1.94. The zero-order valence-electron chi connectivity index (χ0n) is 10.7. The molecule has 0 aliphatic heterocycles. The van der Waals surface area contributed by atoms with Gasteiger partial charge in [-0.15, -0.1) is 11.6 Å². The van der Waals surface area contributed by atoms with Gasteiger partial charge in [0.15, 0.2) is 5.65 Å². The second-order valence-corrected chi connectivity index (χ2v) is 5.47. The standard InChI is InChI=1S/C13H11Cl2N5/c1-8(14)12-18-11-5-9(15)6-16-13(11)20(12)7-10-3-2-4-17-19-10/h2-6,8H,7H2,1H3. The van der Waals surface area contributed by atoms with E-state index in [9.17, 15) is 0 Å². The van der Waals surface area contributed by atoms with Crippen molar-refractivity contribution < 1.29 is 0 Å². The number of halogens is 2. The molecule has 3 aromatic rings. The molecule has 0 aromatic carbocycles. The lowest BCUT2D eigenvalue weighted by atomic mass is 10.3. The molecule has 0 spiro atoms. The summed E-state index contributed by atoms with van der Waals surface area (Å²) in [5.41, 5.74) is 2.29. The van der Waals surface area contributed by atoms with Crippen LogP contribution in [0.15, 0.2) is 30.6 Å². The maximum absolute atomic E-state index is 6.21. The van der Waals surface area contributed by atoms with E-state index in [1.165, 1.54) is 0 Å². The molecule has 0 N–H and O–H groups in total. The van der Waals surface area contributed by atoms with Crippen LogP contribution in [-0.2, 0) is 6.54 Å². The largest absolute Gasteiger partial charge is 0.305 e. The monoisotopic (exact) mass is 307 g/mol. The summed E-state index contributed by atoms with van der Waals surface area (Å²) >= 11 is 12.2. The van der Waals surface area contributed by atoms with Gasteiger partial charge in [-0.2, -0.15) is 10.2 Å². The van der Waals surface area contributed by atoms with Crippen molar-refractivity contribution in [3.8, 4) is 0 Å². The van der Waals surface area contributed by atoms with Crippen LogP contribution in [0, 0.1) is 0 Å². The lowest BCUT2D eigenvalue weighted by Gasteiger charge is -2.08. The maximum Gasteiger partial charge on any atom is 0.160 e. The van der Waals surface area contributed by atoms with Gasteiger partial charge in [-0.1, -0.05) is 11.6 Å². The summed E-state index contributed by atoms with van der Waals surface area (Å²) in [7, 11) is 0. The Morgan fingerprint density at radius 2 is 2.25 bits per heavy atom. The van der Waals surface area contributed by atoms with Gasteiger partial charge in [0, 0.05) is 12.4 Å². The zero-order valence-corrected chi connectivity index (χ0v) is 12.2. The van der Waals surface area contributed by atoms with E-state index in [2.05, 4.69) is 20.2 Å². The molecule has 1 atom stereocenters. The summed E-state index contributed by atoms with van der Waals surface area (Å²) in [5.74, 6) is 0.738. The third kappa shape index (κ3) is 2.46. The summed E-state index contributed by atoms with van der Waals surface area (Å²) in [6.07, 6.45) is 3.24. The minimum absolute atomic E-state index is 0.236. The molecule has 3 heterocycles. The smallest absolute Gasteiger partial charge is 0.160 e. The van der Waals surface area contributed by atoms with Crippen LogP contribution < -0.4 is 0 Å². The number of pyridine rings is 1. The van der Waals surface area contributed by atoms with Crippen LogP contribution in [0.5, 0.6) is 0 Å². The predicted molar refractivity (Wildman–Crippen MR) is 77.9 cm³/mol. The highest BCUT2D eigenvalue weighted by atomic mass is 35.5. The van der Waals surface area contributed by atoms with E-state index in [4.69, 9.17) is 23.2 Å². The van der Waals surface area contributed by atoms with Crippen LogP contribution in [0.25, 0.3) is 11.2 Å². The first-order valence-corrected chi connectivity index (χ1v) is 6.89. The Bertz CT molecular complexity index is 739. The first-order valence-electron chi connectivity index (χ1n) is 6.07. The van der Waals surface area contributed by atoms with Gasteiger partial charge in [0.25, 0.3) is 0 Å². The van der Waals surface area contributed by atoms with Crippen molar-refractivity contribution in [2.45, 2.75) is 18.8 Å². The lowest BCUT2D eigenvalue weighted by molar-refractivity contribution is 0.709. The molecular weight excluding hydrogens is 297 g/mol. The molecule has 0 saturated carbocycles. The number of nitrogens with zero attached hydrogens (tertiary/aromatic N) is 5. The average molecular weight is 308 g/mol. The number of fused-ring (bicyclic) bond motifs is 1. The van der Waals surface area contributed by atoms with E-state index in [0.29, 0.717) is 11.6 Å². The highest BCUT2D eigenvalue weighted by molar-refractivity contribution is 6.31. The van der Waals surface area contributed by atoms with Gasteiger partial charge in [-0.05, 0) is 25.1 Å². The van der Waals surface area contributed by atoms with Crippen LogP contribution >= 0.6 is 23.2 Å². The molecule has 0 amide bonds. The first kappa shape index (κ1) is 13.3. The molecule has 0 saturated heterocycles. The molecule has 0 bridgehead atoms. The summed E-state index contributed by atoms with van der Waals surface area (Å²) in [6, 6.07) is 5.52. The Balaban J connectivity index is 2.14. The Morgan fingerprint density at radius 3 is 2.95 bits per heavy atom. The molecule has 0 aliphatic rings. The van der Waals surface area contributed by atoms with E-state index < -0.39 is 0 Å². The van der Waals surface area contributed by atoms with Crippen LogP contribution in [0.1, 0.15) is 23.8 Å². The van der Waals surface area contributed by atoms with Gasteiger partial charge in [0.05, 0.1) is 22.6 Å². The highest BCUT2D eigenvalue weighted by Crippen LogP contribution is 2.25. The summed E-state index contributed by atoms with van der Waals surface area (Å²) in [4.78, 5) is 8.85. The summed E-state index contributed by atoms with van der Waals surface area (Å²) in [6.45, 7) is 2.39. The second-order valence-electron chi connectivity index (χ2n) is 4.38. The third-order valence-electron chi connectivity index (χ3n) is 2.88. The predicted octanol–water partition coefficient (Wildman–Crippen LogP) is 3.22. The Hall–Kier alpha value is -1.72. The van der Waals surface area contributed by atoms with Crippen LogP contribution in [-0.4, -0.2) is 24.7 Å². The number of imidazole rings is 1. The van der Waals surface area contributed by atoms with Gasteiger partial charge in [-0.3, -0.25) is 0 Å². The molecule has 0 aliphatic carbocycles. The fourth-order valence-corrected chi connectivity index (χ4v) is 2.36. The molecule has 0 fully saturated rings. The fraction of sp³-hybridized carbons (Fsp3) is 0.231. The highest BCUT2D eigenvalue weighted by Gasteiger charge is 2.16. The number of alkyl halides is 1. The summed E-state index contributed by atoms with van der Waals surface area (Å²) in [5, 5.41) is 8.27. The number of hydrogen-bond acceptors (Lipinski definition) is 4. The van der Waals surface area contributed by atoms with Gasteiger partial charge < -0.3 is 4.57 Å². The SMILES string of the molecule is CC(Cl)c1nc2cc(Cl)cnc2n1Cc1cccnn1. The number of hydrogen-bond donors (Lipinski definition) is 0. The molecule has 0 radical (unpaired) electrons.